The van der Waals surface area contributed by atoms with E-state index >= 15 is 0 Å². The average molecular weight is 368 g/mol. The molecule has 1 fully saturated rings. The third-order valence-corrected chi connectivity index (χ3v) is 5.32. The van der Waals surface area contributed by atoms with E-state index in [0.29, 0.717) is 12.8 Å². The first-order valence-corrected chi connectivity index (χ1v) is 9.45. The highest BCUT2D eigenvalue weighted by Crippen LogP contribution is 2.32. The second-order valence-electron chi connectivity index (χ2n) is 7.22. The van der Waals surface area contributed by atoms with Crippen LogP contribution in [0.2, 0.25) is 0 Å². The lowest BCUT2D eigenvalue weighted by atomic mass is 10.0. The number of aromatic nitrogens is 1. The maximum Gasteiger partial charge on any atom is 0.220 e. The average Bonchev–Trinajstić information content (AvgIpc) is 3.28. The number of aryl methyl sites for hydroxylation is 1. The summed E-state index contributed by atoms with van der Waals surface area (Å²) < 4.78 is 27.1. The quantitative estimate of drug-likeness (QED) is 0.646. The van der Waals surface area contributed by atoms with Gasteiger partial charge >= 0.3 is 0 Å². The first-order valence-electron chi connectivity index (χ1n) is 9.45. The molecule has 2 aromatic carbocycles. The zero-order valence-corrected chi connectivity index (χ0v) is 15.0. The van der Waals surface area contributed by atoms with Gasteiger partial charge in [0.2, 0.25) is 5.91 Å². The Labute approximate surface area is 156 Å². The summed E-state index contributed by atoms with van der Waals surface area (Å²) in [5.74, 6) is -0.597. The number of benzene rings is 2. The molecular weight excluding hydrogens is 346 g/mol. The molecule has 0 saturated heterocycles. The lowest BCUT2D eigenvalue weighted by molar-refractivity contribution is -0.121. The van der Waals surface area contributed by atoms with Gasteiger partial charge in [-0.15, -0.1) is 0 Å². The smallest absolute Gasteiger partial charge is 0.220 e. The highest BCUT2D eigenvalue weighted by molar-refractivity contribution is 5.91. The third kappa shape index (κ3) is 3.87. The molecule has 5 heteroatoms. The van der Waals surface area contributed by atoms with Crippen LogP contribution in [0.1, 0.15) is 37.7 Å². The van der Waals surface area contributed by atoms with Crippen molar-refractivity contribution in [2.45, 2.75) is 44.6 Å². The maximum absolute atomic E-state index is 13.8. The summed E-state index contributed by atoms with van der Waals surface area (Å²) in [4.78, 5) is 15.6. The van der Waals surface area contributed by atoms with Gasteiger partial charge in [0, 0.05) is 29.1 Å². The number of carbonyl (C=O) groups is 1. The second kappa shape index (κ2) is 7.51. The minimum Gasteiger partial charge on any atom is -0.354 e. The third-order valence-electron chi connectivity index (χ3n) is 5.32. The fourth-order valence-corrected chi connectivity index (χ4v) is 3.95. The Balaban J connectivity index is 1.62. The molecule has 1 aromatic heterocycles. The van der Waals surface area contributed by atoms with Crippen molar-refractivity contribution < 1.29 is 13.6 Å². The zero-order valence-electron chi connectivity index (χ0n) is 15.0. The van der Waals surface area contributed by atoms with Gasteiger partial charge in [-0.3, -0.25) is 4.79 Å². The Morgan fingerprint density at radius 3 is 2.48 bits per heavy atom. The molecule has 4 rings (SSSR count). The number of amides is 1. The van der Waals surface area contributed by atoms with E-state index in [9.17, 15) is 13.6 Å². The van der Waals surface area contributed by atoms with Crippen LogP contribution < -0.4 is 5.32 Å². The molecule has 1 aliphatic carbocycles. The first kappa shape index (κ1) is 17.7. The summed E-state index contributed by atoms with van der Waals surface area (Å²) in [5, 5.41) is 3.86. The second-order valence-corrected chi connectivity index (χ2v) is 7.22. The number of halogens is 2. The molecule has 3 aromatic rings. The number of fused-ring (bicyclic) bond motifs is 1. The fraction of sp³-hybridized carbons (Fsp3) is 0.318. The lowest BCUT2D eigenvalue weighted by Gasteiger charge is -2.12. The molecule has 1 saturated carbocycles. The molecule has 0 spiro atoms. The molecule has 0 atom stereocenters. The molecule has 3 nitrogen and oxygen atoms in total. The van der Waals surface area contributed by atoms with Gasteiger partial charge in [0.15, 0.2) is 0 Å². The molecule has 0 unspecified atom stereocenters. The van der Waals surface area contributed by atoms with Crippen LogP contribution in [-0.2, 0) is 11.2 Å². The SMILES string of the molecule is O=C(CCc1c(-c2ccc(F)cc2)[nH]c2ccc(F)cc12)NC1CCCC1. The number of hydrogen-bond acceptors (Lipinski definition) is 1. The molecule has 27 heavy (non-hydrogen) atoms. The minimum absolute atomic E-state index is 0.0257. The van der Waals surface area contributed by atoms with Crippen LogP contribution in [0.4, 0.5) is 8.78 Å². The monoisotopic (exact) mass is 368 g/mol. The molecule has 1 aliphatic rings. The molecule has 0 radical (unpaired) electrons. The largest absolute Gasteiger partial charge is 0.354 e. The Kier molecular flexibility index (Phi) is 4.92. The Bertz CT molecular complexity index is 956. The normalized spacial score (nSPS) is 14.7. The summed E-state index contributed by atoms with van der Waals surface area (Å²) in [5.41, 5.74) is 3.32. The lowest BCUT2D eigenvalue weighted by Crippen LogP contribution is -2.32. The van der Waals surface area contributed by atoms with Crippen LogP contribution in [0.15, 0.2) is 42.5 Å². The standard InChI is InChI=1S/C22H22F2N2O/c23-15-7-5-14(6-8-15)22-18(19-13-16(24)9-11-20(19)26-22)10-12-21(27)25-17-3-1-2-4-17/h5-9,11,13,17,26H,1-4,10,12H2,(H,25,27). The van der Waals surface area contributed by atoms with E-state index in [1.54, 1.807) is 18.2 Å². The molecule has 0 aliphatic heterocycles. The maximum atomic E-state index is 13.8. The minimum atomic E-state index is -0.316. The molecule has 0 bridgehead atoms. The van der Waals surface area contributed by atoms with Crippen molar-refractivity contribution in [2.24, 2.45) is 0 Å². The number of carbonyl (C=O) groups excluding carboxylic acids is 1. The van der Waals surface area contributed by atoms with Crippen molar-refractivity contribution in [2.75, 3.05) is 0 Å². The number of rotatable bonds is 5. The highest BCUT2D eigenvalue weighted by atomic mass is 19.1. The van der Waals surface area contributed by atoms with Crippen molar-refractivity contribution in [1.82, 2.24) is 10.3 Å². The molecule has 140 valence electrons. The van der Waals surface area contributed by atoms with Crippen LogP contribution in [-0.4, -0.2) is 16.9 Å². The molecule has 1 heterocycles. The van der Waals surface area contributed by atoms with Crippen LogP contribution in [0.3, 0.4) is 0 Å². The van der Waals surface area contributed by atoms with Crippen LogP contribution in [0.25, 0.3) is 22.2 Å². The predicted octanol–water partition coefficient (Wildman–Crippen LogP) is 5.10. The van der Waals surface area contributed by atoms with Gasteiger partial charge in [-0.2, -0.15) is 0 Å². The molecular formula is C22H22F2N2O. The van der Waals surface area contributed by atoms with Crippen LogP contribution in [0, 0.1) is 11.6 Å². The fourth-order valence-electron chi connectivity index (χ4n) is 3.95. The van der Waals surface area contributed by atoms with E-state index in [1.807, 2.05) is 0 Å². The number of hydrogen-bond donors (Lipinski definition) is 2. The van der Waals surface area contributed by atoms with Gasteiger partial charge in [0.25, 0.3) is 0 Å². The van der Waals surface area contributed by atoms with E-state index in [2.05, 4.69) is 10.3 Å². The van der Waals surface area contributed by atoms with E-state index in [1.165, 1.54) is 37.1 Å². The van der Waals surface area contributed by atoms with Gasteiger partial charge in [-0.1, -0.05) is 12.8 Å². The van der Waals surface area contributed by atoms with Gasteiger partial charge in [-0.25, -0.2) is 8.78 Å². The Morgan fingerprint density at radius 2 is 1.74 bits per heavy atom. The highest BCUT2D eigenvalue weighted by Gasteiger charge is 2.19. The number of aromatic amines is 1. The summed E-state index contributed by atoms with van der Waals surface area (Å²) in [6.45, 7) is 0. The zero-order chi connectivity index (χ0) is 18.8. The molecule has 1 amide bonds. The first-order chi connectivity index (χ1) is 13.1. The summed E-state index contributed by atoms with van der Waals surface area (Å²) in [7, 11) is 0. The van der Waals surface area contributed by atoms with E-state index < -0.39 is 0 Å². The van der Waals surface area contributed by atoms with Crippen molar-refractivity contribution in [3.63, 3.8) is 0 Å². The van der Waals surface area contributed by atoms with Gasteiger partial charge < -0.3 is 10.3 Å². The van der Waals surface area contributed by atoms with E-state index in [-0.39, 0.29) is 23.6 Å². The van der Waals surface area contributed by atoms with Crippen LogP contribution >= 0.6 is 0 Å². The summed E-state index contributed by atoms with van der Waals surface area (Å²) in [6.07, 6.45) is 5.27. The van der Waals surface area contributed by atoms with Crippen LogP contribution in [0.5, 0.6) is 0 Å². The van der Waals surface area contributed by atoms with E-state index in [0.717, 1.165) is 40.6 Å². The van der Waals surface area contributed by atoms with E-state index in [4.69, 9.17) is 0 Å². The number of H-pyrrole nitrogens is 1. The van der Waals surface area contributed by atoms with Crippen molar-refractivity contribution >= 4 is 16.8 Å². The molecule has 2 N–H and O–H groups in total. The van der Waals surface area contributed by atoms with Gasteiger partial charge in [0.05, 0.1) is 0 Å². The van der Waals surface area contributed by atoms with Gasteiger partial charge in [0.1, 0.15) is 11.6 Å². The van der Waals surface area contributed by atoms with Crippen molar-refractivity contribution in [3.8, 4) is 11.3 Å². The Hall–Kier alpha value is -2.69. The topological polar surface area (TPSA) is 44.9 Å². The summed E-state index contributed by atoms with van der Waals surface area (Å²) >= 11 is 0. The number of nitrogens with one attached hydrogen (secondary N) is 2. The Morgan fingerprint density at radius 1 is 1.04 bits per heavy atom. The predicted molar refractivity (Wildman–Crippen MR) is 102 cm³/mol. The summed E-state index contributed by atoms with van der Waals surface area (Å²) in [6, 6.07) is 11.1. The van der Waals surface area contributed by atoms with Gasteiger partial charge in [-0.05, 0) is 72.9 Å². The van der Waals surface area contributed by atoms with Crippen molar-refractivity contribution in [1.29, 1.82) is 0 Å². The van der Waals surface area contributed by atoms with Crippen molar-refractivity contribution in [3.05, 3.63) is 59.7 Å².